The molecule has 0 bridgehead atoms. The summed E-state index contributed by atoms with van der Waals surface area (Å²) in [4.78, 5) is 12.7. The van der Waals surface area contributed by atoms with Crippen LogP contribution in [0.1, 0.15) is 13.3 Å². The van der Waals surface area contributed by atoms with Crippen LogP contribution in [0.25, 0.3) is 0 Å². The maximum atomic E-state index is 10.5. The molecule has 2 atom stereocenters. The first-order chi connectivity index (χ1) is 4.74. The van der Waals surface area contributed by atoms with Crippen LogP contribution in [0.4, 0.5) is 0 Å². The molecule has 58 valence electrons. The van der Waals surface area contributed by atoms with Crippen molar-refractivity contribution in [1.29, 1.82) is 0 Å². The van der Waals surface area contributed by atoms with E-state index in [4.69, 9.17) is 0 Å². The van der Waals surface area contributed by atoms with Crippen LogP contribution in [0.2, 0.25) is 0 Å². The Kier molecular flexibility index (Phi) is 2.44. The summed E-state index contributed by atoms with van der Waals surface area (Å²) in [7, 11) is 2.11. The van der Waals surface area contributed by atoms with Gasteiger partial charge in [0.1, 0.15) is 6.29 Å². The SMILES string of the molecule is CC1CN(C)CCC1C=O. The van der Waals surface area contributed by atoms with Gasteiger partial charge < -0.3 is 9.69 Å². The average Bonchev–Trinajstić information content (AvgIpc) is 1.88. The molecule has 0 radical (unpaired) electrons. The number of likely N-dealkylation sites (tertiary alicyclic amines) is 1. The fourth-order valence-electron chi connectivity index (χ4n) is 1.57. The summed E-state index contributed by atoms with van der Waals surface area (Å²) in [5, 5.41) is 0. The van der Waals surface area contributed by atoms with Crippen molar-refractivity contribution in [3.8, 4) is 0 Å². The van der Waals surface area contributed by atoms with Crippen molar-refractivity contribution < 1.29 is 4.79 Å². The molecule has 0 aromatic carbocycles. The Labute approximate surface area is 62.2 Å². The van der Waals surface area contributed by atoms with Gasteiger partial charge in [0.2, 0.25) is 0 Å². The van der Waals surface area contributed by atoms with Gasteiger partial charge in [-0.05, 0) is 25.9 Å². The molecule has 0 aromatic rings. The van der Waals surface area contributed by atoms with E-state index < -0.39 is 0 Å². The molecular formula is C8H15NO. The van der Waals surface area contributed by atoms with E-state index in [0.717, 1.165) is 25.8 Å². The summed E-state index contributed by atoms with van der Waals surface area (Å²) >= 11 is 0. The van der Waals surface area contributed by atoms with E-state index in [1.54, 1.807) is 0 Å². The maximum Gasteiger partial charge on any atom is 0.123 e. The molecule has 1 rings (SSSR count). The van der Waals surface area contributed by atoms with Crippen molar-refractivity contribution in [2.75, 3.05) is 20.1 Å². The number of rotatable bonds is 1. The Hall–Kier alpha value is -0.370. The Morgan fingerprint density at radius 3 is 2.80 bits per heavy atom. The summed E-state index contributed by atoms with van der Waals surface area (Å²) in [6.45, 7) is 4.30. The summed E-state index contributed by atoms with van der Waals surface area (Å²) in [6.07, 6.45) is 2.15. The summed E-state index contributed by atoms with van der Waals surface area (Å²) < 4.78 is 0. The van der Waals surface area contributed by atoms with Crippen LogP contribution in [0, 0.1) is 11.8 Å². The van der Waals surface area contributed by atoms with Crippen LogP contribution in [0.3, 0.4) is 0 Å². The highest BCUT2D eigenvalue weighted by Gasteiger charge is 2.22. The Morgan fingerprint density at radius 2 is 2.30 bits per heavy atom. The van der Waals surface area contributed by atoms with Crippen molar-refractivity contribution in [1.82, 2.24) is 4.90 Å². The molecule has 0 saturated carbocycles. The van der Waals surface area contributed by atoms with Gasteiger partial charge in [-0.25, -0.2) is 0 Å². The van der Waals surface area contributed by atoms with Crippen molar-refractivity contribution in [3.63, 3.8) is 0 Å². The number of nitrogens with zero attached hydrogens (tertiary/aromatic N) is 1. The lowest BCUT2D eigenvalue weighted by molar-refractivity contribution is -0.113. The minimum absolute atomic E-state index is 0.316. The fourth-order valence-corrected chi connectivity index (χ4v) is 1.57. The van der Waals surface area contributed by atoms with Crippen molar-refractivity contribution in [3.05, 3.63) is 0 Å². The second-order valence-electron chi connectivity index (χ2n) is 3.33. The molecule has 1 fully saturated rings. The van der Waals surface area contributed by atoms with E-state index in [0.29, 0.717) is 11.8 Å². The normalized spacial score (nSPS) is 35.8. The average molecular weight is 141 g/mol. The van der Waals surface area contributed by atoms with Gasteiger partial charge in [0.25, 0.3) is 0 Å². The van der Waals surface area contributed by atoms with Gasteiger partial charge >= 0.3 is 0 Å². The number of carbonyl (C=O) groups excluding carboxylic acids is 1. The van der Waals surface area contributed by atoms with Gasteiger partial charge in [-0.2, -0.15) is 0 Å². The van der Waals surface area contributed by atoms with E-state index in [9.17, 15) is 4.79 Å². The van der Waals surface area contributed by atoms with E-state index >= 15 is 0 Å². The second kappa shape index (κ2) is 3.15. The van der Waals surface area contributed by atoms with Gasteiger partial charge in [-0.1, -0.05) is 6.92 Å². The zero-order valence-electron chi connectivity index (χ0n) is 6.71. The first kappa shape index (κ1) is 7.73. The van der Waals surface area contributed by atoms with Crippen molar-refractivity contribution >= 4 is 6.29 Å². The minimum atomic E-state index is 0.316. The maximum absolute atomic E-state index is 10.5. The van der Waals surface area contributed by atoms with E-state index in [1.807, 2.05) is 0 Å². The third-order valence-electron chi connectivity index (χ3n) is 2.35. The standard InChI is InChI=1S/C8H15NO/c1-7-5-9(2)4-3-8(7)6-10/h6-8H,3-5H2,1-2H3. The summed E-state index contributed by atoms with van der Waals surface area (Å²) in [5.41, 5.74) is 0. The third kappa shape index (κ3) is 1.57. The lowest BCUT2D eigenvalue weighted by Gasteiger charge is -2.31. The molecule has 0 aromatic heterocycles. The summed E-state index contributed by atoms with van der Waals surface area (Å²) in [5.74, 6) is 0.868. The van der Waals surface area contributed by atoms with Crippen LogP contribution in [0.5, 0.6) is 0 Å². The molecule has 0 aliphatic carbocycles. The zero-order valence-corrected chi connectivity index (χ0v) is 6.71. The largest absolute Gasteiger partial charge is 0.306 e. The molecule has 1 heterocycles. The zero-order chi connectivity index (χ0) is 7.56. The lowest BCUT2D eigenvalue weighted by atomic mass is 9.88. The first-order valence-electron chi connectivity index (χ1n) is 3.88. The molecule has 10 heavy (non-hydrogen) atoms. The first-order valence-corrected chi connectivity index (χ1v) is 3.88. The Bertz CT molecular complexity index is 124. The molecule has 0 amide bonds. The Morgan fingerprint density at radius 1 is 1.60 bits per heavy atom. The highest BCUT2D eigenvalue weighted by atomic mass is 16.1. The molecule has 2 unspecified atom stereocenters. The molecule has 0 spiro atoms. The molecule has 1 saturated heterocycles. The molecule has 0 N–H and O–H groups in total. The van der Waals surface area contributed by atoms with Crippen LogP contribution in [0.15, 0.2) is 0 Å². The predicted octanol–water partition coefficient (Wildman–Crippen LogP) is 0.773. The highest BCUT2D eigenvalue weighted by Crippen LogP contribution is 2.19. The predicted molar refractivity (Wildman–Crippen MR) is 40.8 cm³/mol. The number of hydrogen-bond donors (Lipinski definition) is 0. The molecule has 2 nitrogen and oxygen atoms in total. The summed E-state index contributed by atoms with van der Waals surface area (Å²) in [6, 6.07) is 0. The second-order valence-corrected chi connectivity index (χ2v) is 3.33. The molecular weight excluding hydrogens is 126 g/mol. The fraction of sp³-hybridized carbons (Fsp3) is 0.875. The topological polar surface area (TPSA) is 20.3 Å². The van der Waals surface area contributed by atoms with Crippen molar-refractivity contribution in [2.45, 2.75) is 13.3 Å². The minimum Gasteiger partial charge on any atom is -0.306 e. The number of hydrogen-bond acceptors (Lipinski definition) is 2. The molecule has 1 aliphatic rings. The van der Waals surface area contributed by atoms with E-state index in [2.05, 4.69) is 18.9 Å². The van der Waals surface area contributed by atoms with Crippen LogP contribution in [-0.4, -0.2) is 31.3 Å². The van der Waals surface area contributed by atoms with E-state index in [1.165, 1.54) is 0 Å². The van der Waals surface area contributed by atoms with Crippen LogP contribution in [-0.2, 0) is 4.79 Å². The van der Waals surface area contributed by atoms with Crippen LogP contribution < -0.4 is 0 Å². The number of piperidine rings is 1. The van der Waals surface area contributed by atoms with E-state index in [-0.39, 0.29) is 0 Å². The van der Waals surface area contributed by atoms with Crippen LogP contribution >= 0.6 is 0 Å². The highest BCUT2D eigenvalue weighted by molar-refractivity contribution is 5.54. The van der Waals surface area contributed by atoms with Gasteiger partial charge in [0.05, 0.1) is 0 Å². The van der Waals surface area contributed by atoms with Gasteiger partial charge in [-0.15, -0.1) is 0 Å². The van der Waals surface area contributed by atoms with Gasteiger partial charge in [0.15, 0.2) is 0 Å². The van der Waals surface area contributed by atoms with Gasteiger partial charge in [-0.3, -0.25) is 0 Å². The monoisotopic (exact) mass is 141 g/mol. The quantitative estimate of drug-likeness (QED) is 0.503. The molecule has 1 aliphatic heterocycles. The van der Waals surface area contributed by atoms with Crippen molar-refractivity contribution in [2.24, 2.45) is 11.8 Å². The third-order valence-corrected chi connectivity index (χ3v) is 2.35. The smallest absolute Gasteiger partial charge is 0.123 e. The van der Waals surface area contributed by atoms with Gasteiger partial charge in [0, 0.05) is 12.5 Å². The lowest BCUT2D eigenvalue weighted by Crippen LogP contribution is -2.37. The number of carbonyl (C=O) groups is 1. The molecule has 2 heteroatoms. The number of aldehydes is 1. The Balaban J connectivity index is 2.43.